The zero-order valence-electron chi connectivity index (χ0n) is 15.7. The molecule has 1 atom stereocenters. The van der Waals surface area contributed by atoms with Crippen molar-refractivity contribution < 1.29 is 9.90 Å². The molecule has 0 spiro atoms. The van der Waals surface area contributed by atoms with Gasteiger partial charge in [-0.2, -0.15) is 0 Å². The van der Waals surface area contributed by atoms with E-state index in [0.717, 1.165) is 42.9 Å². The van der Waals surface area contributed by atoms with Gasteiger partial charge >= 0.3 is 0 Å². The molecule has 0 saturated carbocycles. The first-order valence-electron chi connectivity index (χ1n) is 9.29. The van der Waals surface area contributed by atoms with Crippen molar-refractivity contribution in [3.05, 3.63) is 51.9 Å². The van der Waals surface area contributed by atoms with Gasteiger partial charge in [0.15, 0.2) is 0 Å². The van der Waals surface area contributed by atoms with E-state index in [9.17, 15) is 9.90 Å². The van der Waals surface area contributed by atoms with E-state index in [1.807, 2.05) is 24.0 Å². The molecule has 7 heteroatoms. The Kier molecular flexibility index (Phi) is 6.29. The van der Waals surface area contributed by atoms with Crippen molar-refractivity contribution in [2.75, 3.05) is 18.4 Å². The highest BCUT2D eigenvalue weighted by molar-refractivity contribution is 6.33. The quantitative estimate of drug-likeness (QED) is 0.815. The van der Waals surface area contributed by atoms with Gasteiger partial charge in [-0.1, -0.05) is 17.7 Å². The third-order valence-corrected chi connectivity index (χ3v) is 5.09. The second-order valence-corrected chi connectivity index (χ2v) is 7.32. The third kappa shape index (κ3) is 4.76. The van der Waals surface area contributed by atoms with Crippen LogP contribution in [-0.4, -0.2) is 39.0 Å². The molecule has 1 saturated heterocycles. The van der Waals surface area contributed by atoms with E-state index in [1.54, 1.807) is 19.2 Å². The van der Waals surface area contributed by atoms with Gasteiger partial charge in [-0.25, -0.2) is 4.98 Å². The molecular weight excluding hydrogens is 364 g/mol. The monoisotopic (exact) mass is 388 g/mol. The number of aliphatic hydroxyl groups is 1. The molecule has 0 aromatic carbocycles. The van der Waals surface area contributed by atoms with Crippen molar-refractivity contribution in [3.63, 3.8) is 0 Å². The van der Waals surface area contributed by atoms with Gasteiger partial charge in [0, 0.05) is 30.5 Å². The summed E-state index contributed by atoms with van der Waals surface area (Å²) in [6.45, 7) is 5.64. The van der Waals surface area contributed by atoms with Crippen LogP contribution in [0.3, 0.4) is 0 Å². The number of pyridine rings is 2. The van der Waals surface area contributed by atoms with Gasteiger partial charge in [0.1, 0.15) is 5.82 Å². The molecule has 6 nitrogen and oxygen atoms in total. The van der Waals surface area contributed by atoms with Crippen molar-refractivity contribution in [3.8, 4) is 0 Å². The number of aromatic nitrogens is 2. The van der Waals surface area contributed by atoms with E-state index in [2.05, 4.69) is 15.3 Å². The standard InChI is InChI=1S/C20H25ClN4O2/c1-13-17(14(2)26)7-6-16(24-13)12-23-19-18(21)10-15(11-22-19)20(27)25-8-4-3-5-9-25/h6-7,10-11,14,26H,3-5,8-9,12H2,1-2H3,(H,22,23). The summed E-state index contributed by atoms with van der Waals surface area (Å²) in [5.74, 6) is 0.507. The first-order chi connectivity index (χ1) is 13.0. The fraction of sp³-hybridized carbons (Fsp3) is 0.450. The van der Waals surface area contributed by atoms with Gasteiger partial charge in [0.05, 0.1) is 28.9 Å². The molecule has 2 aromatic heterocycles. The summed E-state index contributed by atoms with van der Waals surface area (Å²) in [6, 6.07) is 5.41. The van der Waals surface area contributed by atoms with Crippen molar-refractivity contribution in [1.82, 2.24) is 14.9 Å². The highest BCUT2D eigenvalue weighted by Gasteiger charge is 2.19. The van der Waals surface area contributed by atoms with Crippen LogP contribution in [0.5, 0.6) is 0 Å². The van der Waals surface area contributed by atoms with Crippen molar-refractivity contribution in [2.45, 2.75) is 45.8 Å². The molecule has 2 aromatic rings. The van der Waals surface area contributed by atoms with Gasteiger partial charge in [-0.15, -0.1) is 0 Å². The number of aliphatic hydroxyl groups excluding tert-OH is 1. The van der Waals surface area contributed by atoms with Crippen LogP contribution in [0.1, 0.15) is 59.6 Å². The topological polar surface area (TPSA) is 78.4 Å². The summed E-state index contributed by atoms with van der Waals surface area (Å²) >= 11 is 6.33. The normalized spacial score (nSPS) is 15.5. The predicted molar refractivity (Wildman–Crippen MR) is 106 cm³/mol. The lowest BCUT2D eigenvalue weighted by Crippen LogP contribution is -2.35. The van der Waals surface area contributed by atoms with Crippen LogP contribution >= 0.6 is 11.6 Å². The number of carbonyl (C=O) groups is 1. The van der Waals surface area contributed by atoms with Gasteiger partial charge < -0.3 is 15.3 Å². The largest absolute Gasteiger partial charge is 0.389 e. The minimum absolute atomic E-state index is 0.0124. The third-order valence-electron chi connectivity index (χ3n) is 4.80. The second kappa shape index (κ2) is 8.67. The van der Waals surface area contributed by atoms with Crippen LogP contribution in [0.2, 0.25) is 5.02 Å². The lowest BCUT2D eigenvalue weighted by Gasteiger charge is -2.26. The minimum atomic E-state index is -0.541. The van der Waals surface area contributed by atoms with Crippen LogP contribution in [0.15, 0.2) is 24.4 Å². The molecule has 0 radical (unpaired) electrons. The maximum Gasteiger partial charge on any atom is 0.255 e. The fourth-order valence-electron chi connectivity index (χ4n) is 3.30. The molecule has 0 bridgehead atoms. The number of aryl methyl sites for hydroxylation is 1. The Morgan fingerprint density at radius 1 is 1.33 bits per heavy atom. The first-order valence-corrected chi connectivity index (χ1v) is 9.66. The summed E-state index contributed by atoms with van der Waals surface area (Å²) < 4.78 is 0. The van der Waals surface area contributed by atoms with Gasteiger partial charge in [-0.3, -0.25) is 9.78 Å². The molecular formula is C20H25ClN4O2. The Balaban J connectivity index is 1.66. The molecule has 3 heterocycles. The number of nitrogens with one attached hydrogen (secondary N) is 1. The molecule has 1 aliphatic rings. The molecule has 27 heavy (non-hydrogen) atoms. The highest BCUT2D eigenvalue weighted by Crippen LogP contribution is 2.23. The Bertz CT molecular complexity index is 820. The summed E-state index contributed by atoms with van der Waals surface area (Å²) in [6.07, 6.45) is 4.30. The summed E-state index contributed by atoms with van der Waals surface area (Å²) in [5.41, 5.74) is 2.95. The second-order valence-electron chi connectivity index (χ2n) is 6.91. The fourth-order valence-corrected chi connectivity index (χ4v) is 3.54. The average molecular weight is 389 g/mol. The Morgan fingerprint density at radius 2 is 2.07 bits per heavy atom. The molecule has 0 aliphatic carbocycles. The molecule has 2 N–H and O–H groups in total. The number of piperidine rings is 1. The Labute approximate surface area is 164 Å². The maximum absolute atomic E-state index is 12.5. The van der Waals surface area contributed by atoms with E-state index < -0.39 is 6.10 Å². The number of halogens is 1. The van der Waals surface area contributed by atoms with Crippen molar-refractivity contribution in [1.29, 1.82) is 0 Å². The van der Waals surface area contributed by atoms with E-state index >= 15 is 0 Å². The number of amides is 1. The van der Waals surface area contributed by atoms with Crippen LogP contribution in [0.4, 0.5) is 5.82 Å². The molecule has 1 fully saturated rings. The number of likely N-dealkylation sites (tertiary alicyclic amines) is 1. The summed E-state index contributed by atoms with van der Waals surface area (Å²) in [5, 5.41) is 13.3. The van der Waals surface area contributed by atoms with Crippen molar-refractivity contribution in [2.24, 2.45) is 0 Å². The summed E-state index contributed by atoms with van der Waals surface area (Å²) in [4.78, 5) is 23.2. The SMILES string of the molecule is Cc1nc(CNc2ncc(C(=O)N3CCCCC3)cc2Cl)ccc1C(C)O. The summed E-state index contributed by atoms with van der Waals surface area (Å²) in [7, 11) is 0. The number of anilines is 1. The zero-order chi connectivity index (χ0) is 19.4. The Morgan fingerprint density at radius 3 is 2.70 bits per heavy atom. The lowest BCUT2D eigenvalue weighted by molar-refractivity contribution is 0.0724. The van der Waals surface area contributed by atoms with Gasteiger partial charge in [0.2, 0.25) is 0 Å². The van der Waals surface area contributed by atoms with Crippen LogP contribution in [0.25, 0.3) is 0 Å². The van der Waals surface area contributed by atoms with Crippen LogP contribution in [-0.2, 0) is 6.54 Å². The maximum atomic E-state index is 12.5. The zero-order valence-corrected chi connectivity index (χ0v) is 16.5. The van der Waals surface area contributed by atoms with Crippen LogP contribution < -0.4 is 5.32 Å². The molecule has 1 amide bonds. The lowest BCUT2D eigenvalue weighted by atomic mass is 10.1. The van der Waals surface area contributed by atoms with Gasteiger partial charge in [-0.05, 0) is 45.2 Å². The Hall–Kier alpha value is -2.18. The number of hydrogen-bond acceptors (Lipinski definition) is 5. The smallest absolute Gasteiger partial charge is 0.255 e. The van der Waals surface area contributed by atoms with Crippen molar-refractivity contribution >= 4 is 23.3 Å². The predicted octanol–water partition coefficient (Wildman–Crippen LogP) is 3.73. The number of hydrogen-bond donors (Lipinski definition) is 2. The van der Waals surface area contributed by atoms with Gasteiger partial charge in [0.25, 0.3) is 5.91 Å². The average Bonchev–Trinajstić information content (AvgIpc) is 2.67. The van der Waals surface area contributed by atoms with Crippen LogP contribution in [0, 0.1) is 6.92 Å². The molecule has 1 aliphatic heterocycles. The highest BCUT2D eigenvalue weighted by atomic mass is 35.5. The first kappa shape index (κ1) is 19.6. The minimum Gasteiger partial charge on any atom is -0.389 e. The van der Waals surface area contributed by atoms with E-state index in [1.165, 1.54) is 6.42 Å². The van der Waals surface area contributed by atoms with E-state index in [0.29, 0.717) is 22.9 Å². The number of carbonyl (C=O) groups excluding carboxylic acids is 1. The molecule has 144 valence electrons. The number of rotatable bonds is 5. The van der Waals surface area contributed by atoms with E-state index in [-0.39, 0.29) is 5.91 Å². The molecule has 3 rings (SSSR count). The number of nitrogens with zero attached hydrogens (tertiary/aromatic N) is 3. The van der Waals surface area contributed by atoms with E-state index in [4.69, 9.17) is 11.6 Å². The molecule has 1 unspecified atom stereocenters.